The summed E-state index contributed by atoms with van der Waals surface area (Å²) in [5.41, 5.74) is 0. The molecule has 0 spiro atoms. The molecule has 0 aliphatic heterocycles. The third kappa shape index (κ3) is 2.88. The van der Waals surface area contributed by atoms with Crippen molar-refractivity contribution in [3.63, 3.8) is 0 Å². The summed E-state index contributed by atoms with van der Waals surface area (Å²) in [6.07, 6.45) is 1.62. The monoisotopic (exact) mass is 248 g/mol. The Morgan fingerprint density at radius 3 is 2.75 bits per heavy atom. The van der Waals surface area contributed by atoms with E-state index in [1.54, 1.807) is 11.3 Å². The molecule has 0 aliphatic carbocycles. The fraction of sp³-hybridized carbons (Fsp3) is 0.556. The molecule has 0 fully saturated rings. The molecular weight excluding hydrogens is 236 g/mol. The first-order chi connectivity index (χ1) is 5.59. The van der Waals surface area contributed by atoms with Gasteiger partial charge in [0.2, 0.25) is 0 Å². The third-order valence-corrected chi connectivity index (χ3v) is 3.75. The largest absolute Gasteiger partial charge is 0.393 e. The molecule has 0 bridgehead atoms. The van der Waals surface area contributed by atoms with Crippen LogP contribution in [0.3, 0.4) is 0 Å². The Bertz CT molecular complexity index is 255. The van der Waals surface area contributed by atoms with Crippen LogP contribution in [0.4, 0.5) is 0 Å². The number of aliphatic hydroxyl groups is 1. The van der Waals surface area contributed by atoms with Gasteiger partial charge < -0.3 is 5.11 Å². The number of thiophene rings is 1. The van der Waals surface area contributed by atoms with Crippen LogP contribution < -0.4 is 0 Å². The second-order valence-electron chi connectivity index (χ2n) is 3.02. The quantitative estimate of drug-likeness (QED) is 0.872. The van der Waals surface area contributed by atoms with Gasteiger partial charge in [-0.15, -0.1) is 11.3 Å². The van der Waals surface area contributed by atoms with Crippen LogP contribution in [-0.2, 0) is 6.42 Å². The number of hydrogen-bond acceptors (Lipinski definition) is 2. The number of aliphatic hydroxyl groups excluding tert-OH is 1. The SMILES string of the molecule is Cc1cc(Br)c(CCC(C)O)s1. The van der Waals surface area contributed by atoms with E-state index in [-0.39, 0.29) is 6.10 Å². The van der Waals surface area contributed by atoms with Crippen molar-refractivity contribution in [3.8, 4) is 0 Å². The van der Waals surface area contributed by atoms with Crippen LogP contribution in [0.2, 0.25) is 0 Å². The van der Waals surface area contributed by atoms with Crippen molar-refractivity contribution in [1.82, 2.24) is 0 Å². The molecule has 3 heteroatoms. The lowest BCUT2D eigenvalue weighted by Gasteiger charge is -2.01. The maximum absolute atomic E-state index is 9.10. The van der Waals surface area contributed by atoms with E-state index in [9.17, 15) is 0 Å². The number of rotatable bonds is 3. The molecule has 1 unspecified atom stereocenters. The molecule has 0 saturated carbocycles. The van der Waals surface area contributed by atoms with Gasteiger partial charge in [-0.05, 0) is 48.7 Å². The van der Waals surface area contributed by atoms with Crippen LogP contribution in [0.15, 0.2) is 10.5 Å². The maximum atomic E-state index is 9.10. The van der Waals surface area contributed by atoms with Crippen LogP contribution in [-0.4, -0.2) is 11.2 Å². The minimum Gasteiger partial charge on any atom is -0.393 e. The Balaban J connectivity index is 2.57. The molecule has 0 saturated heterocycles. The Morgan fingerprint density at radius 1 is 1.67 bits per heavy atom. The maximum Gasteiger partial charge on any atom is 0.0515 e. The fourth-order valence-corrected chi connectivity index (χ4v) is 2.92. The molecule has 1 atom stereocenters. The highest BCUT2D eigenvalue weighted by atomic mass is 79.9. The van der Waals surface area contributed by atoms with Crippen molar-refractivity contribution >= 4 is 27.3 Å². The molecule has 1 aromatic heterocycles. The van der Waals surface area contributed by atoms with Gasteiger partial charge in [0, 0.05) is 14.2 Å². The molecule has 0 amide bonds. The summed E-state index contributed by atoms with van der Waals surface area (Å²) in [5, 5.41) is 9.10. The highest BCUT2D eigenvalue weighted by Crippen LogP contribution is 2.28. The van der Waals surface area contributed by atoms with E-state index in [0.29, 0.717) is 0 Å². The molecule has 1 N–H and O–H groups in total. The second-order valence-corrected chi connectivity index (χ2v) is 5.21. The standard InChI is InChI=1S/C9H13BrOS/c1-6(11)3-4-9-8(10)5-7(2)12-9/h5-6,11H,3-4H2,1-2H3. The smallest absolute Gasteiger partial charge is 0.0515 e. The average molecular weight is 249 g/mol. The number of hydrogen-bond donors (Lipinski definition) is 1. The van der Waals surface area contributed by atoms with Gasteiger partial charge in [-0.25, -0.2) is 0 Å². The van der Waals surface area contributed by atoms with Crippen molar-refractivity contribution in [3.05, 3.63) is 20.3 Å². The topological polar surface area (TPSA) is 20.2 Å². The summed E-state index contributed by atoms with van der Waals surface area (Å²) < 4.78 is 1.19. The van der Waals surface area contributed by atoms with E-state index in [1.165, 1.54) is 14.2 Å². The van der Waals surface area contributed by atoms with Crippen LogP contribution in [0, 0.1) is 6.92 Å². The van der Waals surface area contributed by atoms with Gasteiger partial charge in [0.1, 0.15) is 0 Å². The zero-order valence-electron chi connectivity index (χ0n) is 7.30. The predicted octanol–water partition coefficient (Wildman–Crippen LogP) is 3.13. The lowest BCUT2D eigenvalue weighted by Crippen LogP contribution is -2.00. The zero-order valence-corrected chi connectivity index (χ0v) is 9.70. The van der Waals surface area contributed by atoms with Gasteiger partial charge in [-0.3, -0.25) is 0 Å². The summed E-state index contributed by atoms with van der Waals surface area (Å²) in [7, 11) is 0. The molecule has 68 valence electrons. The Hall–Kier alpha value is 0.140. The van der Waals surface area contributed by atoms with Crippen molar-refractivity contribution in [2.45, 2.75) is 32.8 Å². The minimum atomic E-state index is -0.195. The Morgan fingerprint density at radius 2 is 2.33 bits per heavy atom. The Labute approximate surface area is 85.6 Å². The average Bonchev–Trinajstić information content (AvgIpc) is 2.26. The van der Waals surface area contributed by atoms with E-state index >= 15 is 0 Å². The molecule has 0 aliphatic rings. The van der Waals surface area contributed by atoms with Gasteiger partial charge in [0.05, 0.1) is 6.10 Å². The first-order valence-corrected chi connectivity index (χ1v) is 5.63. The summed E-state index contributed by atoms with van der Waals surface area (Å²) in [4.78, 5) is 2.66. The van der Waals surface area contributed by atoms with Crippen molar-refractivity contribution in [1.29, 1.82) is 0 Å². The first-order valence-electron chi connectivity index (χ1n) is 4.02. The number of halogens is 1. The highest BCUT2D eigenvalue weighted by Gasteiger charge is 2.05. The van der Waals surface area contributed by atoms with Gasteiger partial charge in [-0.2, -0.15) is 0 Å². The fourth-order valence-electron chi connectivity index (χ4n) is 1.04. The van der Waals surface area contributed by atoms with Crippen LogP contribution in [0.1, 0.15) is 23.1 Å². The highest BCUT2D eigenvalue weighted by molar-refractivity contribution is 9.10. The van der Waals surface area contributed by atoms with E-state index in [4.69, 9.17) is 5.11 Å². The predicted molar refractivity (Wildman–Crippen MR) is 56.8 cm³/mol. The summed E-state index contributed by atoms with van der Waals surface area (Å²) in [5.74, 6) is 0. The summed E-state index contributed by atoms with van der Waals surface area (Å²) in [6.45, 7) is 3.93. The van der Waals surface area contributed by atoms with Gasteiger partial charge in [0.15, 0.2) is 0 Å². The van der Waals surface area contributed by atoms with Crippen molar-refractivity contribution in [2.24, 2.45) is 0 Å². The lowest BCUT2D eigenvalue weighted by atomic mass is 10.2. The molecule has 1 heterocycles. The molecule has 0 radical (unpaired) electrons. The summed E-state index contributed by atoms with van der Waals surface area (Å²) >= 11 is 5.29. The lowest BCUT2D eigenvalue weighted by molar-refractivity contribution is 0.185. The van der Waals surface area contributed by atoms with Gasteiger partial charge in [0.25, 0.3) is 0 Å². The zero-order chi connectivity index (χ0) is 9.14. The molecule has 0 aromatic carbocycles. The van der Waals surface area contributed by atoms with Crippen LogP contribution >= 0.6 is 27.3 Å². The molecular formula is C9H13BrOS. The van der Waals surface area contributed by atoms with Crippen molar-refractivity contribution < 1.29 is 5.11 Å². The molecule has 1 aromatic rings. The second kappa shape index (κ2) is 4.40. The van der Waals surface area contributed by atoms with Crippen LogP contribution in [0.25, 0.3) is 0 Å². The number of aryl methyl sites for hydroxylation is 2. The third-order valence-electron chi connectivity index (χ3n) is 1.67. The Kier molecular flexibility index (Phi) is 3.75. The van der Waals surface area contributed by atoms with Crippen molar-refractivity contribution in [2.75, 3.05) is 0 Å². The molecule has 1 nitrogen and oxygen atoms in total. The normalized spacial score (nSPS) is 13.3. The van der Waals surface area contributed by atoms with E-state index in [2.05, 4.69) is 28.9 Å². The van der Waals surface area contributed by atoms with E-state index < -0.39 is 0 Å². The van der Waals surface area contributed by atoms with Crippen LogP contribution in [0.5, 0.6) is 0 Å². The van der Waals surface area contributed by atoms with Gasteiger partial charge in [-0.1, -0.05) is 0 Å². The molecule has 12 heavy (non-hydrogen) atoms. The van der Waals surface area contributed by atoms with Gasteiger partial charge >= 0.3 is 0 Å². The first kappa shape index (κ1) is 10.2. The summed E-state index contributed by atoms with van der Waals surface area (Å²) in [6, 6.07) is 2.13. The van der Waals surface area contributed by atoms with E-state index in [1.807, 2.05) is 6.92 Å². The minimum absolute atomic E-state index is 0.195. The molecule has 1 rings (SSSR count). The van der Waals surface area contributed by atoms with E-state index in [0.717, 1.165) is 12.8 Å².